The molecule has 5 nitrogen and oxygen atoms in total. The third-order valence-corrected chi connectivity index (χ3v) is 3.46. The molecule has 1 aliphatic heterocycles. The van der Waals surface area contributed by atoms with Crippen molar-refractivity contribution in [2.24, 2.45) is 0 Å². The highest BCUT2D eigenvalue weighted by atomic mass is 16.4. The Hall–Kier alpha value is -2.14. The molecule has 3 rings (SSSR count). The van der Waals surface area contributed by atoms with E-state index < -0.39 is 0 Å². The molecule has 104 valence electrons. The van der Waals surface area contributed by atoms with Crippen LogP contribution in [0.2, 0.25) is 0 Å². The van der Waals surface area contributed by atoms with Gasteiger partial charge in [-0.2, -0.15) is 0 Å². The van der Waals surface area contributed by atoms with Crippen LogP contribution in [0, 0.1) is 13.8 Å². The summed E-state index contributed by atoms with van der Waals surface area (Å²) in [6.07, 6.45) is 0. The fourth-order valence-corrected chi connectivity index (χ4v) is 2.46. The van der Waals surface area contributed by atoms with Gasteiger partial charge in [0.05, 0.1) is 5.69 Å². The number of aryl methyl sites for hydroxylation is 2. The molecule has 20 heavy (non-hydrogen) atoms. The summed E-state index contributed by atoms with van der Waals surface area (Å²) in [5.74, 6) is 0.586. The molecule has 0 spiro atoms. The molecule has 5 heteroatoms. The molecule has 0 bridgehead atoms. The van der Waals surface area contributed by atoms with E-state index in [2.05, 4.69) is 27.8 Å². The largest absolute Gasteiger partial charge is 0.436 e. The fraction of sp³-hybridized carbons (Fsp3) is 0.333. The second-order valence-corrected chi connectivity index (χ2v) is 5.04. The molecule has 1 aliphatic rings. The second-order valence-electron chi connectivity index (χ2n) is 5.04. The summed E-state index contributed by atoms with van der Waals surface area (Å²) in [5, 5.41) is 6.17. The lowest BCUT2D eigenvalue weighted by atomic mass is 10.1. The van der Waals surface area contributed by atoms with E-state index in [0.29, 0.717) is 23.9 Å². The molecule has 1 amide bonds. The third kappa shape index (κ3) is 2.44. The van der Waals surface area contributed by atoms with E-state index in [1.807, 2.05) is 6.07 Å². The predicted molar refractivity (Wildman–Crippen MR) is 74.1 cm³/mol. The van der Waals surface area contributed by atoms with Crippen LogP contribution in [0.3, 0.4) is 0 Å². The van der Waals surface area contributed by atoms with Gasteiger partial charge in [0.2, 0.25) is 5.76 Å². The highest BCUT2D eigenvalue weighted by Crippen LogP contribution is 2.17. The number of rotatable bonds is 3. The SMILES string of the molecule is Cc1nc(C)c(C(=O)NCc2ccc3c(c2)CNC3)o1. The number of carbonyl (C=O) groups is 1. The van der Waals surface area contributed by atoms with Gasteiger partial charge < -0.3 is 15.1 Å². The standard InChI is InChI=1S/C15H17N3O2/c1-9-14(20-10(2)18-9)15(19)17-6-11-3-4-12-7-16-8-13(12)5-11/h3-5,16H,6-8H2,1-2H3,(H,17,19). The van der Waals surface area contributed by atoms with E-state index in [9.17, 15) is 4.79 Å². The van der Waals surface area contributed by atoms with Crippen LogP contribution in [0.5, 0.6) is 0 Å². The van der Waals surface area contributed by atoms with Gasteiger partial charge in [-0.15, -0.1) is 0 Å². The highest BCUT2D eigenvalue weighted by molar-refractivity contribution is 5.92. The lowest BCUT2D eigenvalue weighted by Gasteiger charge is -2.06. The van der Waals surface area contributed by atoms with E-state index in [1.54, 1.807) is 13.8 Å². The summed E-state index contributed by atoms with van der Waals surface area (Å²) in [6, 6.07) is 6.29. The predicted octanol–water partition coefficient (Wildman–Crippen LogP) is 1.82. The Morgan fingerprint density at radius 2 is 2.15 bits per heavy atom. The highest BCUT2D eigenvalue weighted by Gasteiger charge is 2.16. The first-order chi connectivity index (χ1) is 9.63. The summed E-state index contributed by atoms with van der Waals surface area (Å²) in [6.45, 7) is 5.82. The van der Waals surface area contributed by atoms with E-state index in [-0.39, 0.29) is 5.91 Å². The fourth-order valence-electron chi connectivity index (χ4n) is 2.46. The van der Waals surface area contributed by atoms with Crippen LogP contribution in [0.15, 0.2) is 22.6 Å². The summed E-state index contributed by atoms with van der Waals surface area (Å²) in [4.78, 5) is 16.1. The van der Waals surface area contributed by atoms with Gasteiger partial charge in [-0.25, -0.2) is 4.98 Å². The minimum atomic E-state index is -0.221. The Morgan fingerprint density at radius 1 is 1.35 bits per heavy atom. The van der Waals surface area contributed by atoms with Crippen molar-refractivity contribution in [2.75, 3.05) is 0 Å². The number of amides is 1. The van der Waals surface area contributed by atoms with Gasteiger partial charge in [0, 0.05) is 26.6 Å². The first-order valence-electron chi connectivity index (χ1n) is 6.67. The first kappa shape index (κ1) is 12.9. The topological polar surface area (TPSA) is 67.2 Å². The lowest BCUT2D eigenvalue weighted by molar-refractivity contribution is 0.0921. The van der Waals surface area contributed by atoms with Crippen molar-refractivity contribution in [3.8, 4) is 0 Å². The van der Waals surface area contributed by atoms with Gasteiger partial charge in [-0.1, -0.05) is 18.2 Å². The minimum Gasteiger partial charge on any atom is -0.436 e. The number of aromatic nitrogens is 1. The number of nitrogens with zero attached hydrogens (tertiary/aromatic N) is 1. The molecule has 0 fully saturated rings. The van der Waals surface area contributed by atoms with Crippen LogP contribution in [0.4, 0.5) is 0 Å². The number of fused-ring (bicyclic) bond motifs is 1. The zero-order valence-electron chi connectivity index (χ0n) is 11.6. The Balaban J connectivity index is 1.67. The zero-order chi connectivity index (χ0) is 14.1. The molecule has 1 aromatic heterocycles. The van der Waals surface area contributed by atoms with Crippen LogP contribution in [0.1, 0.15) is 38.8 Å². The van der Waals surface area contributed by atoms with Crippen molar-refractivity contribution < 1.29 is 9.21 Å². The van der Waals surface area contributed by atoms with Gasteiger partial charge in [0.1, 0.15) is 0 Å². The van der Waals surface area contributed by atoms with Crippen molar-refractivity contribution in [3.63, 3.8) is 0 Å². The van der Waals surface area contributed by atoms with Crippen LogP contribution >= 0.6 is 0 Å². The minimum absolute atomic E-state index is 0.221. The molecule has 0 saturated heterocycles. The molecule has 0 unspecified atom stereocenters. The Labute approximate surface area is 117 Å². The van der Waals surface area contributed by atoms with Crippen molar-refractivity contribution in [3.05, 3.63) is 52.2 Å². The summed E-state index contributed by atoms with van der Waals surface area (Å²) in [7, 11) is 0. The van der Waals surface area contributed by atoms with Gasteiger partial charge in [0.15, 0.2) is 5.89 Å². The molecular weight excluding hydrogens is 254 g/mol. The van der Waals surface area contributed by atoms with Gasteiger partial charge in [0.25, 0.3) is 5.91 Å². The summed E-state index contributed by atoms with van der Waals surface area (Å²) < 4.78 is 5.31. The first-order valence-corrected chi connectivity index (χ1v) is 6.67. The average Bonchev–Trinajstić information content (AvgIpc) is 3.01. The van der Waals surface area contributed by atoms with Crippen molar-refractivity contribution in [1.29, 1.82) is 0 Å². The average molecular weight is 271 g/mol. The van der Waals surface area contributed by atoms with Crippen molar-refractivity contribution in [2.45, 2.75) is 33.5 Å². The van der Waals surface area contributed by atoms with Gasteiger partial charge in [-0.3, -0.25) is 4.79 Å². The molecule has 0 aliphatic carbocycles. The van der Waals surface area contributed by atoms with Crippen LogP contribution in [0.25, 0.3) is 0 Å². The molecule has 2 N–H and O–H groups in total. The molecule has 2 heterocycles. The maximum atomic E-state index is 12.0. The van der Waals surface area contributed by atoms with Crippen molar-refractivity contribution >= 4 is 5.91 Å². The molecule has 0 atom stereocenters. The number of hydrogen-bond donors (Lipinski definition) is 2. The number of hydrogen-bond acceptors (Lipinski definition) is 4. The zero-order valence-corrected chi connectivity index (χ0v) is 11.6. The number of carbonyl (C=O) groups excluding carboxylic acids is 1. The smallest absolute Gasteiger partial charge is 0.289 e. The second kappa shape index (κ2) is 5.09. The molecule has 0 radical (unpaired) electrons. The Kier molecular flexibility index (Phi) is 3.28. The van der Waals surface area contributed by atoms with E-state index in [4.69, 9.17) is 4.42 Å². The molecule has 0 saturated carbocycles. The monoisotopic (exact) mass is 271 g/mol. The molecule has 2 aromatic rings. The third-order valence-electron chi connectivity index (χ3n) is 3.46. The summed E-state index contributed by atoms with van der Waals surface area (Å²) in [5.41, 5.74) is 4.36. The van der Waals surface area contributed by atoms with Crippen LogP contribution < -0.4 is 10.6 Å². The maximum Gasteiger partial charge on any atom is 0.289 e. The van der Waals surface area contributed by atoms with E-state index >= 15 is 0 Å². The molecular formula is C15H17N3O2. The maximum absolute atomic E-state index is 12.0. The van der Waals surface area contributed by atoms with Gasteiger partial charge >= 0.3 is 0 Å². The normalized spacial score (nSPS) is 13.3. The Bertz CT molecular complexity index is 661. The van der Waals surface area contributed by atoms with E-state index in [1.165, 1.54) is 11.1 Å². The van der Waals surface area contributed by atoms with Crippen LogP contribution in [-0.4, -0.2) is 10.9 Å². The molecule has 1 aromatic carbocycles. The number of oxazole rings is 1. The van der Waals surface area contributed by atoms with Crippen molar-refractivity contribution in [1.82, 2.24) is 15.6 Å². The van der Waals surface area contributed by atoms with Gasteiger partial charge in [-0.05, 0) is 23.6 Å². The lowest BCUT2D eigenvalue weighted by Crippen LogP contribution is -2.23. The summed E-state index contributed by atoms with van der Waals surface area (Å²) >= 11 is 0. The number of nitrogens with one attached hydrogen (secondary N) is 2. The Morgan fingerprint density at radius 3 is 2.90 bits per heavy atom. The number of benzene rings is 1. The van der Waals surface area contributed by atoms with Crippen LogP contribution in [-0.2, 0) is 19.6 Å². The van der Waals surface area contributed by atoms with E-state index in [0.717, 1.165) is 18.7 Å². The quantitative estimate of drug-likeness (QED) is 0.893.